The molecule has 0 aliphatic rings. The van der Waals surface area contributed by atoms with Crippen LogP contribution in [0.5, 0.6) is 5.75 Å². The zero-order valence-corrected chi connectivity index (χ0v) is 10.6. The van der Waals surface area contributed by atoms with Crippen LogP contribution in [0, 0.1) is 5.82 Å². The highest BCUT2D eigenvalue weighted by molar-refractivity contribution is 5.33. The Morgan fingerprint density at radius 1 is 1.26 bits per heavy atom. The van der Waals surface area contributed by atoms with Crippen molar-refractivity contribution in [2.75, 3.05) is 6.61 Å². The molecule has 1 aromatic heterocycles. The quantitative estimate of drug-likeness (QED) is 0.639. The lowest BCUT2D eigenvalue weighted by Crippen LogP contribution is -2.29. The van der Waals surface area contributed by atoms with E-state index in [1.807, 2.05) is 31.2 Å². The van der Waals surface area contributed by atoms with E-state index < -0.39 is 0 Å². The molecule has 2 aromatic rings. The summed E-state index contributed by atoms with van der Waals surface area (Å²) in [4.78, 5) is 4.04. The van der Waals surface area contributed by atoms with Gasteiger partial charge in [0.25, 0.3) is 0 Å². The predicted octanol–water partition coefficient (Wildman–Crippen LogP) is 2.17. The molecule has 0 aliphatic carbocycles. The van der Waals surface area contributed by atoms with Crippen molar-refractivity contribution >= 4 is 0 Å². The second-order valence-electron chi connectivity index (χ2n) is 4.00. The Hall–Kier alpha value is -1.98. The third-order valence-electron chi connectivity index (χ3n) is 2.74. The van der Waals surface area contributed by atoms with Gasteiger partial charge in [-0.25, -0.2) is 9.82 Å². The van der Waals surface area contributed by atoms with Gasteiger partial charge in [-0.15, -0.1) is 0 Å². The van der Waals surface area contributed by atoms with Crippen LogP contribution in [-0.2, 0) is 0 Å². The van der Waals surface area contributed by atoms with E-state index in [-0.39, 0.29) is 11.9 Å². The van der Waals surface area contributed by atoms with Gasteiger partial charge >= 0.3 is 0 Å². The highest BCUT2D eigenvalue weighted by Gasteiger charge is 2.13. The number of nitrogens with zero attached hydrogens (tertiary/aromatic N) is 1. The molecule has 0 fully saturated rings. The summed E-state index contributed by atoms with van der Waals surface area (Å²) in [6.45, 7) is 2.55. The number of pyridine rings is 1. The average Bonchev–Trinajstić information content (AvgIpc) is 2.44. The van der Waals surface area contributed by atoms with Gasteiger partial charge in [-0.2, -0.15) is 0 Å². The first kappa shape index (κ1) is 13.5. The molecule has 2 rings (SSSR count). The van der Waals surface area contributed by atoms with Gasteiger partial charge in [0.05, 0.1) is 24.5 Å². The van der Waals surface area contributed by atoms with Crippen LogP contribution < -0.4 is 16.0 Å². The SMILES string of the molecule is CCOc1ccc(C(NN)c2ccc(F)cn2)cc1. The molecule has 0 saturated carbocycles. The van der Waals surface area contributed by atoms with Crippen molar-refractivity contribution < 1.29 is 9.13 Å². The van der Waals surface area contributed by atoms with Crippen LogP contribution in [0.25, 0.3) is 0 Å². The van der Waals surface area contributed by atoms with E-state index >= 15 is 0 Å². The summed E-state index contributed by atoms with van der Waals surface area (Å²) in [5.41, 5.74) is 4.28. The van der Waals surface area contributed by atoms with E-state index in [9.17, 15) is 4.39 Å². The first-order chi connectivity index (χ1) is 9.24. The Kier molecular flexibility index (Phi) is 4.43. The Morgan fingerprint density at radius 3 is 2.53 bits per heavy atom. The van der Waals surface area contributed by atoms with Crippen molar-refractivity contribution in [2.24, 2.45) is 5.84 Å². The molecule has 0 spiro atoms. The maximum atomic E-state index is 12.9. The van der Waals surface area contributed by atoms with Gasteiger partial charge in [-0.05, 0) is 36.8 Å². The van der Waals surface area contributed by atoms with Gasteiger partial charge in [-0.1, -0.05) is 12.1 Å². The number of nitrogens with one attached hydrogen (secondary N) is 1. The smallest absolute Gasteiger partial charge is 0.141 e. The van der Waals surface area contributed by atoms with E-state index in [1.165, 1.54) is 12.3 Å². The minimum Gasteiger partial charge on any atom is -0.494 e. The number of nitrogens with two attached hydrogens (primary N) is 1. The molecule has 1 atom stereocenters. The zero-order valence-electron chi connectivity index (χ0n) is 10.6. The molecule has 1 aromatic carbocycles. The lowest BCUT2D eigenvalue weighted by Gasteiger charge is -2.16. The molecular weight excluding hydrogens is 245 g/mol. The van der Waals surface area contributed by atoms with Gasteiger partial charge in [0.1, 0.15) is 11.6 Å². The summed E-state index contributed by atoms with van der Waals surface area (Å²) in [6, 6.07) is 10.2. The highest BCUT2D eigenvalue weighted by atomic mass is 19.1. The first-order valence-corrected chi connectivity index (χ1v) is 6.05. The average molecular weight is 261 g/mol. The van der Waals surface area contributed by atoms with Crippen molar-refractivity contribution in [2.45, 2.75) is 13.0 Å². The second-order valence-corrected chi connectivity index (χ2v) is 4.00. The van der Waals surface area contributed by atoms with Crippen molar-refractivity contribution in [3.8, 4) is 5.75 Å². The molecule has 19 heavy (non-hydrogen) atoms. The van der Waals surface area contributed by atoms with Crippen molar-refractivity contribution in [3.05, 3.63) is 59.7 Å². The van der Waals surface area contributed by atoms with Gasteiger partial charge in [0.2, 0.25) is 0 Å². The van der Waals surface area contributed by atoms with Crippen LogP contribution in [0.1, 0.15) is 24.2 Å². The van der Waals surface area contributed by atoms with Crippen LogP contribution in [0.2, 0.25) is 0 Å². The summed E-state index contributed by atoms with van der Waals surface area (Å²) in [6.07, 6.45) is 1.17. The fourth-order valence-corrected chi connectivity index (χ4v) is 1.83. The number of rotatable bonds is 5. The lowest BCUT2D eigenvalue weighted by atomic mass is 10.0. The standard InChI is InChI=1S/C14H16FN3O/c1-2-19-12-6-3-10(4-7-12)14(18-16)13-8-5-11(15)9-17-13/h3-9,14,18H,2,16H2,1H3. The third-order valence-corrected chi connectivity index (χ3v) is 2.74. The maximum absolute atomic E-state index is 12.9. The summed E-state index contributed by atoms with van der Waals surface area (Å²) >= 11 is 0. The highest BCUT2D eigenvalue weighted by Crippen LogP contribution is 2.22. The number of benzene rings is 1. The van der Waals surface area contributed by atoms with Gasteiger partial charge in [-0.3, -0.25) is 10.8 Å². The van der Waals surface area contributed by atoms with Crippen LogP contribution in [-0.4, -0.2) is 11.6 Å². The van der Waals surface area contributed by atoms with E-state index in [1.54, 1.807) is 6.07 Å². The van der Waals surface area contributed by atoms with Crippen molar-refractivity contribution in [1.29, 1.82) is 0 Å². The molecule has 0 aliphatic heterocycles. The van der Waals surface area contributed by atoms with Crippen LogP contribution >= 0.6 is 0 Å². The topological polar surface area (TPSA) is 60.2 Å². The Labute approximate surface area is 111 Å². The maximum Gasteiger partial charge on any atom is 0.141 e. The Balaban J connectivity index is 2.23. The second kappa shape index (κ2) is 6.26. The molecule has 3 N–H and O–H groups in total. The van der Waals surface area contributed by atoms with E-state index in [4.69, 9.17) is 10.6 Å². The molecular formula is C14H16FN3O. The number of hydrogen-bond donors (Lipinski definition) is 2. The number of halogens is 1. The molecule has 5 heteroatoms. The normalized spacial score (nSPS) is 12.2. The predicted molar refractivity (Wildman–Crippen MR) is 71.0 cm³/mol. The Bertz CT molecular complexity index is 513. The number of hydrazine groups is 1. The molecule has 0 radical (unpaired) electrons. The van der Waals surface area contributed by atoms with Gasteiger partial charge in [0, 0.05) is 0 Å². The van der Waals surface area contributed by atoms with Crippen LogP contribution in [0.3, 0.4) is 0 Å². The molecule has 1 heterocycles. The van der Waals surface area contributed by atoms with E-state index in [2.05, 4.69) is 10.4 Å². The van der Waals surface area contributed by atoms with Crippen molar-refractivity contribution in [1.82, 2.24) is 10.4 Å². The molecule has 0 amide bonds. The summed E-state index contributed by atoms with van der Waals surface area (Å²) in [5.74, 6) is 5.99. The van der Waals surface area contributed by atoms with E-state index in [0.717, 1.165) is 11.3 Å². The third kappa shape index (κ3) is 3.27. The summed E-state index contributed by atoms with van der Waals surface area (Å²) in [5, 5.41) is 0. The fraction of sp³-hybridized carbons (Fsp3) is 0.214. The number of hydrogen-bond acceptors (Lipinski definition) is 4. The van der Waals surface area contributed by atoms with Gasteiger partial charge in [0.15, 0.2) is 0 Å². The monoisotopic (exact) mass is 261 g/mol. The van der Waals surface area contributed by atoms with Crippen LogP contribution in [0.4, 0.5) is 4.39 Å². The lowest BCUT2D eigenvalue weighted by molar-refractivity contribution is 0.340. The number of ether oxygens (including phenoxy) is 1. The fourth-order valence-electron chi connectivity index (χ4n) is 1.83. The molecule has 100 valence electrons. The summed E-state index contributed by atoms with van der Waals surface area (Å²) in [7, 11) is 0. The largest absolute Gasteiger partial charge is 0.494 e. The van der Waals surface area contributed by atoms with Crippen molar-refractivity contribution in [3.63, 3.8) is 0 Å². The minimum absolute atomic E-state index is 0.281. The number of aromatic nitrogens is 1. The first-order valence-electron chi connectivity index (χ1n) is 6.05. The molecule has 0 bridgehead atoms. The van der Waals surface area contributed by atoms with Crippen LogP contribution in [0.15, 0.2) is 42.6 Å². The molecule has 0 saturated heterocycles. The minimum atomic E-state index is -0.369. The van der Waals surface area contributed by atoms with E-state index in [0.29, 0.717) is 12.3 Å². The van der Waals surface area contributed by atoms with Gasteiger partial charge < -0.3 is 4.74 Å². The summed E-state index contributed by atoms with van der Waals surface area (Å²) < 4.78 is 18.2. The Morgan fingerprint density at radius 2 is 2.00 bits per heavy atom. The molecule has 1 unspecified atom stereocenters. The molecule has 4 nitrogen and oxygen atoms in total. The zero-order chi connectivity index (χ0) is 13.7.